The molecule has 1 aromatic rings. The van der Waals surface area contributed by atoms with Gasteiger partial charge in [0, 0.05) is 6.54 Å². The third-order valence-corrected chi connectivity index (χ3v) is 2.35. The lowest BCUT2D eigenvalue weighted by Gasteiger charge is -2.22. The number of terminal acetylenes is 1. The van der Waals surface area contributed by atoms with Crippen LogP contribution in [0, 0.1) is 18.2 Å². The standard InChI is InChI=1S/C13H16FNO/c1-4-13(2,3)15-9-12(16)10-5-7-11(14)8-6-10/h1,5-8,12,15-16H,9H2,2-3H3. The highest BCUT2D eigenvalue weighted by atomic mass is 19.1. The molecule has 0 amide bonds. The molecule has 86 valence electrons. The minimum absolute atomic E-state index is 0.312. The molecule has 2 N–H and O–H groups in total. The van der Waals surface area contributed by atoms with Gasteiger partial charge in [0.15, 0.2) is 0 Å². The molecular formula is C13H16FNO. The van der Waals surface area contributed by atoms with Gasteiger partial charge >= 0.3 is 0 Å². The molecule has 0 aliphatic carbocycles. The molecule has 0 heterocycles. The maximum atomic E-state index is 12.7. The normalized spacial score (nSPS) is 13.2. The van der Waals surface area contributed by atoms with Crippen LogP contribution in [-0.4, -0.2) is 17.2 Å². The number of rotatable bonds is 4. The molecule has 1 rings (SSSR count). The smallest absolute Gasteiger partial charge is 0.123 e. The Morgan fingerprint density at radius 3 is 2.50 bits per heavy atom. The average Bonchev–Trinajstić information content (AvgIpc) is 2.27. The summed E-state index contributed by atoms with van der Waals surface area (Å²) in [6, 6.07) is 5.77. The number of aliphatic hydroxyl groups excluding tert-OH is 1. The zero-order valence-corrected chi connectivity index (χ0v) is 9.50. The van der Waals surface area contributed by atoms with E-state index >= 15 is 0 Å². The topological polar surface area (TPSA) is 32.3 Å². The molecule has 0 saturated carbocycles. The Morgan fingerprint density at radius 2 is 2.00 bits per heavy atom. The first-order chi connectivity index (χ1) is 7.44. The van der Waals surface area contributed by atoms with Gasteiger partial charge < -0.3 is 5.11 Å². The minimum Gasteiger partial charge on any atom is -0.387 e. The second-order valence-corrected chi connectivity index (χ2v) is 4.22. The summed E-state index contributed by atoms with van der Waals surface area (Å²) >= 11 is 0. The highest BCUT2D eigenvalue weighted by Crippen LogP contribution is 2.13. The summed E-state index contributed by atoms with van der Waals surface area (Å²) in [5.41, 5.74) is 0.211. The number of hydrogen-bond acceptors (Lipinski definition) is 2. The van der Waals surface area contributed by atoms with Crippen molar-refractivity contribution in [3.8, 4) is 12.3 Å². The molecule has 0 aromatic heterocycles. The summed E-state index contributed by atoms with van der Waals surface area (Å²) in [6.45, 7) is 4.04. The summed E-state index contributed by atoms with van der Waals surface area (Å²) < 4.78 is 12.7. The molecule has 1 atom stereocenters. The molecule has 16 heavy (non-hydrogen) atoms. The van der Waals surface area contributed by atoms with Crippen molar-refractivity contribution in [2.45, 2.75) is 25.5 Å². The second kappa shape index (κ2) is 5.11. The van der Waals surface area contributed by atoms with Crippen LogP contribution in [0.1, 0.15) is 25.5 Å². The van der Waals surface area contributed by atoms with Crippen LogP contribution in [0.2, 0.25) is 0 Å². The fourth-order valence-corrected chi connectivity index (χ4v) is 1.21. The first-order valence-electron chi connectivity index (χ1n) is 5.11. The summed E-state index contributed by atoms with van der Waals surface area (Å²) in [4.78, 5) is 0. The third kappa shape index (κ3) is 3.65. The highest BCUT2D eigenvalue weighted by molar-refractivity contribution is 5.19. The van der Waals surface area contributed by atoms with Crippen LogP contribution in [0.25, 0.3) is 0 Å². The van der Waals surface area contributed by atoms with Crippen LogP contribution in [0.5, 0.6) is 0 Å². The quantitative estimate of drug-likeness (QED) is 0.761. The Morgan fingerprint density at radius 1 is 1.44 bits per heavy atom. The molecule has 1 aromatic carbocycles. The van der Waals surface area contributed by atoms with Crippen molar-refractivity contribution in [1.82, 2.24) is 5.32 Å². The van der Waals surface area contributed by atoms with Gasteiger partial charge in [-0.1, -0.05) is 18.1 Å². The molecule has 2 nitrogen and oxygen atoms in total. The predicted molar refractivity (Wildman–Crippen MR) is 62.3 cm³/mol. The lowest BCUT2D eigenvalue weighted by Crippen LogP contribution is -2.40. The van der Waals surface area contributed by atoms with E-state index < -0.39 is 11.6 Å². The van der Waals surface area contributed by atoms with Gasteiger partial charge in [-0.2, -0.15) is 0 Å². The van der Waals surface area contributed by atoms with E-state index in [0.29, 0.717) is 12.1 Å². The van der Waals surface area contributed by atoms with E-state index in [9.17, 15) is 9.50 Å². The van der Waals surface area contributed by atoms with E-state index in [-0.39, 0.29) is 5.82 Å². The van der Waals surface area contributed by atoms with Crippen LogP contribution in [0.4, 0.5) is 4.39 Å². The number of nitrogens with one attached hydrogen (secondary N) is 1. The molecule has 0 aliphatic heterocycles. The number of halogens is 1. The Kier molecular flexibility index (Phi) is 4.05. The maximum Gasteiger partial charge on any atom is 0.123 e. The highest BCUT2D eigenvalue weighted by Gasteiger charge is 2.15. The van der Waals surface area contributed by atoms with E-state index in [4.69, 9.17) is 6.42 Å². The summed E-state index contributed by atoms with van der Waals surface area (Å²) in [6.07, 6.45) is 4.62. The van der Waals surface area contributed by atoms with Crippen molar-refractivity contribution < 1.29 is 9.50 Å². The van der Waals surface area contributed by atoms with Gasteiger partial charge in [-0.15, -0.1) is 6.42 Å². The van der Waals surface area contributed by atoms with Crippen LogP contribution in [0.3, 0.4) is 0 Å². The zero-order valence-electron chi connectivity index (χ0n) is 9.50. The minimum atomic E-state index is -0.687. The van der Waals surface area contributed by atoms with Crippen LogP contribution < -0.4 is 5.32 Å². The van der Waals surface area contributed by atoms with Crippen molar-refractivity contribution in [2.24, 2.45) is 0 Å². The van der Waals surface area contributed by atoms with Crippen LogP contribution in [-0.2, 0) is 0 Å². The van der Waals surface area contributed by atoms with Crippen LogP contribution >= 0.6 is 0 Å². The summed E-state index contributed by atoms with van der Waals surface area (Å²) in [7, 11) is 0. The van der Waals surface area contributed by atoms with Crippen LogP contribution in [0.15, 0.2) is 24.3 Å². The Balaban J connectivity index is 2.57. The fourth-order valence-electron chi connectivity index (χ4n) is 1.21. The van der Waals surface area contributed by atoms with Crippen molar-refractivity contribution in [2.75, 3.05) is 6.54 Å². The molecule has 0 spiro atoms. The van der Waals surface area contributed by atoms with Gasteiger partial charge in [0.2, 0.25) is 0 Å². The lowest BCUT2D eigenvalue weighted by atomic mass is 10.1. The van der Waals surface area contributed by atoms with E-state index in [1.54, 1.807) is 12.1 Å². The van der Waals surface area contributed by atoms with Gasteiger partial charge in [-0.3, -0.25) is 5.32 Å². The molecule has 0 saturated heterocycles. The predicted octanol–water partition coefficient (Wildman–Crippen LogP) is 1.86. The van der Waals surface area contributed by atoms with Gasteiger partial charge in [0.1, 0.15) is 5.82 Å². The number of β-amino-alcohol motifs (C(OH)–C–C–N with tert-alkyl or cyclic N) is 1. The van der Waals surface area contributed by atoms with E-state index in [1.165, 1.54) is 12.1 Å². The van der Waals surface area contributed by atoms with Crippen molar-refractivity contribution in [3.05, 3.63) is 35.6 Å². The van der Waals surface area contributed by atoms with Crippen molar-refractivity contribution in [3.63, 3.8) is 0 Å². The molecular weight excluding hydrogens is 205 g/mol. The first-order valence-corrected chi connectivity index (χ1v) is 5.11. The van der Waals surface area contributed by atoms with Gasteiger partial charge in [0.05, 0.1) is 11.6 Å². The number of aliphatic hydroxyl groups is 1. The Bertz CT molecular complexity index is 378. The maximum absolute atomic E-state index is 12.7. The molecule has 1 unspecified atom stereocenters. The lowest BCUT2D eigenvalue weighted by molar-refractivity contribution is 0.167. The molecule has 0 fully saturated rings. The zero-order chi connectivity index (χ0) is 12.2. The largest absolute Gasteiger partial charge is 0.387 e. The van der Waals surface area contributed by atoms with E-state index in [0.717, 1.165) is 0 Å². The number of benzene rings is 1. The fraction of sp³-hybridized carbons (Fsp3) is 0.385. The monoisotopic (exact) mass is 221 g/mol. The van der Waals surface area contributed by atoms with E-state index in [1.807, 2.05) is 13.8 Å². The van der Waals surface area contributed by atoms with Gasteiger partial charge in [-0.25, -0.2) is 4.39 Å². The Hall–Kier alpha value is -1.37. The molecule has 0 bridgehead atoms. The number of hydrogen-bond donors (Lipinski definition) is 2. The van der Waals surface area contributed by atoms with E-state index in [2.05, 4.69) is 11.2 Å². The molecule has 3 heteroatoms. The third-order valence-electron chi connectivity index (χ3n) is 2.35. The molecule has 0 aliphatic rings. The molecule has 0 radical (unpaired) electrons. The SMILES string of the molecule is C#CC(C)(C)NCC(O)c1ccc(F)cc1. The van der Waals surface area contributed by atoms with Gasteiger partial charge in [0.25, 0.3) is 0 Å². The first kappa shape index (κ1) is 12.7. The summed E-state index contributed by atoms with van der Waals surface area (Å²) in [5.74, 6) is 2.26. The second-order valence-electron chi connectivity index (χ2n) is 4.22. The Labute approximate surface area is 95.5 Å². The van der Waals surface area contributed by atoms with Crippen molar-refractivity contribution in [1.29, 1.82) is 0 Å². The average molecular weight is 221 g/mol. The van der Waals surface area contributed by atoms with Gasteiger partial charge in [-0.05, 0) is 31.5 Å². The van der Waals surface area contributed by atoms with Crippen molar-refractivity contribution >= 4 is 0 Å². The summed E-state index contributed by atoms with van der Waals surface area (Å²) in [5, 5.41) is 12.9.